The summed E-state index contributed by atoms with van der Waals surface area (Å²) < 4.78 is 11.1. The summed E-state index contributed by atoms with van der Waals surface area (Å²) in [5.41, 5.74) is 2.79. The van der Waals surface area contributed by atoms with Crippen molar-refractivity contribution in [3.8, 4) is 11.5 Å². The van der Waals surface area contributed by atoms with Gasteiger partial charge in [0.05, 0.1) is 5.69 Å². The van der Waals surface area contributed by atoms with Crippen molar-refractivity contribution in [2.75, 3.05) is 6.54 Å². The Kier molecular flexibility index (Phi) is 6.21. The van der Waals surface area contributed by atoms with E-state index in [9.17, 15) is 4.79 Å². The highest BCUT2D eigenvalue weighted by molar-refractivity contribution is 5.76. The second kappa shape index (κ2) is 9.19. The second-order valence-corrected chi connectivity index (χ2v) is 8.01. The molecule has 1 saturated carbocycles. The smallest absolute Gasteiger partial charge is 0.247 e. The number of aryl methyl sites for hydroxylation is 2. The van der Waals surface area contributed by atoms with Crippen LogP contribution in [0.3, 0.4) is 0 Å². The fraction of sp³-hybridized carbons (Fsp3) is 0.500. The molecule has 0 unspecified atom stereocenters. The number of carbonyl (C=O) groups is 1. The molecule has 30 heavy (non-hydrogen) atoms. The fourth-order valence-electron chi connectivity index (χ4n) is 4.07. The topological polar surface area (TPSA) is 107 Å². The molecule has 0 radical (unpaired) electrons. The van der Waals surface area contributed by atoms with Gasteiger partial charge in [0.2, 0.25) is 17.7 Å². The first-order valence-electron chi connectivity index (χ1n) is 10.5. The van der Waals surface area contributed by atoms with Crippen LogP contribution in [0.4, 0.5) is 0 Å². The monoisotopic (exact) mass is 409 g/mol. The number of aromatic nitrogens is 4. The molecule has 3 heterocycles. The predicted octanol–water partition coefficient (Wildman–Crippen LogP) is 3.76. The first-order chi connectivity index (χ1) is 14.6. The van der Waals surface area contributed by atoms with E-state index in [0.717, 1.165) is 54.8 Å². The maximum absolute atomic E-state index is 12.2. The normalized spacial score (nSPS) is 19.0. The van der Waals surface area contributed by atoms with Gasteiger partial charge in [0.15, 0.2) is 0 Å². The van der Waals surface area contributed by atoms with Crippen LogP contribution < -0.4 is 5.32 Å². The number of nitrogens with zero attached hydrogens (tertiary/aromatic N) is 4. The van der Waals surface area contributed by atoms with Gasteiger partial charge in [-0.2, -0.15) is 0 Å². The first kappa shape index (κ1) is 20.3. The lowest BCUT2D eigenvalue weighted by Gasteiger charge is -2.26. The molecule has 1 N–H and O–H groups in total. The zero-order chi connectivity index (χ0) is 20.9. The average molecular weight is 409 g/mol. The first-order valence-corrected chi connectivity index (χ1v) is 10.5. The van der Waals surface area contributed by atoms with Crippen LogP contribution in [-0.2, 0) is 11.2 Å². The molecule has 1 fully saturated rings. The van der Waals surface area contributed by atoms with Gasteiger partial charge in [0, 0.05) is 42.4 Å². The third kappa shape index (κ3) is 4.75. The molecule has 8 nitrogen and oxygen atoms in total. The Morgan fingerprint density at radius 2 is 1.90 bits per heavy atom. The largest absolute Gasteiger partial charge is 0.420 e. The summed E-state index contributed by atoms with van der Waals surface area (Å²) in [6.45, 7) is 4.51. The summed E-state index contributed by atoms with van der Waals surface area (Å²) in [6, 6.07) is 3.73. The van der Waals surface area contributed by atoms with Crippen molar-refractivity contribution in [1.29, 1.82) is 0 Å². The minimum Gasteiger partial charge on any atom is -0.420 e. The van der Waals surface area contributed by atoms with Crippen molar-refractivity contribution in [2.45, 2.75) is 58.3 Å². The summed E-state index contributed by atoms with van der Waals surface area (Å²) in [4.78, 5) is 16.2. The number of nitrogens with one attached hydrogen (secondary N) is 1. The van der Waals surface area contributed by atoms with Crippen LogP contribution in [0.1, 0.15) is 60.9 Å². The summed E-state index contributed by atoms with van der Waals surface area (Å²) in [7, 11) is 0. The summed E-state index contributed by atoms with van der Waals surface area (Å²) >= 11 is 0. The molecule has 0 spiro atoms. The average Bonchev–Trinajstić information content (AvgIpc) is 3.39. The number of hydrogen-bond acceptors (Lipinski definition) is 7. The third-order valence-corrected chi connectivity index (χ3v) is 5.94. The van der Waals surface area contributed by atoms with Crippen molar-refractivity contribution in [2.24, 2.45) is 5.92 Å². The highest BCUT2D eigenvalue weighted by Gasteiger charge is 2.26. The van der Waals surface area contributed by atoms with Gasteiger partial charge in [0.25, 0.3) is 0 Å². The quantitative estimate of drug-likeness (QED) is 0.633. The Balaban J connectivity index is 1.20. The maximum Gasteiger partial charge on any atom is 0.247 e. The fourth-order valence-corrected chi connectivity index (χ4v) is 4.07. The molecular weight excluding hydrogens is 382 g/mol. The van der Waals surface area contributed by atoms with Crippen LogP contribution in [0.15, 0.2) is 33.5 Å². The Labute approximate surface area is 175 Å². The standard InChI is InChI=1S/C22H27N5O3/c1-14-19(15(2)30-27-14)7-8-20(28)24-13-16-3-5-17(6-4-16)21-25-26-22(29-21)18-9-11-23-12-10-18/h9-12,16-17H,3-8,13H2,1-2H3,(H,24,28). The molecule has 1 aliphatic carbocycles. The lowest BCUT2D eigenvalue weighted by atomic mass is 9.82. The molecule has 3 aromatic heterocycles. The van der Waals surface area contributed by atoms with Crippen LogP contribution in [-0.4, -0.2) is 32.8 Å². The number of hydrogen-bond donors (Lipinski definition) is 1. The van der Waals surface area contributed by atoms with Gasteiger partial charge >= 0.3 is 0 Å². The molecule has 1 aliphatic rings. The van der Waals surface area contributed by atoms with E-state index >= 15 is 0 Å². The zero-order valence-corrected chi connectivity index (χ0v) is 17.4. The Morgan fingerprint density at radius 3 is 2.60 bits per heavy atom. The van der Waals surface area contributed by atoms with Crippen molar-refractivity contribution in [3.05, 3.63) is 47.4 Å². The van der Waals surface area contributed by atoms with E-state index in [0.29, 0.717) is 36.5 Å². The van der Waals surface area contributed by atoms with Crippen molar-refractivity contribution >= 4 is 5.91 Å². The van der Waals surface area contributed by atoms with Crippen LogP contribution in [0.2, 0.25) is 0 Å². The molecule has 0 saturated heterocycles. The molecule has 0 aromatic carbocycles. The lowest BCUT2D eigenvalue weighted by Crippen LogP contribution is -2.31. The van der Waals surface area contributed by atoms with E-state index in [-0.39, 0.29) is 5.91 Å². The van der Waals surface area contributed by atoms with Crippen molar-refractivity contribution < 1.29 is 13.7 Å². The van der Waals surface area contributed by atoms with Crippen molar-refractivity contribution in [1.82, 2.24) is 25.7 Å². The minimum absolute atomic E-state index is 0.0796. The molecule has 0 aliphatic heterocycles. The van der Waals surface area contributed by atoms with Crippen molar-refractivity contribution in [3.63, 3.8) is 0 Å². The molecule has 4 rings (SSSR count). The van der Waals surface area contributed by atoms with Gasteiger partial charge in [-0.1, -0.05) is 5.16 Å². The van der Waals surface area contributed by atoms with E-state index in [1.165, 1.54) is 0 Å². The summed E-state index contributed by atoms with van der Waals surface area (Å²) in [5.74, 6) is 2.91. The van der Waals surface area contributed by atoms with Crippen LogP contribution >= 0.6 is 0 Å². The van der Waals surface area contributed by atoms with E-state index in [2.05, 4.69) is 25.7 Å². The van der Waals surface area contributed by atoms with Crippen LogP contribution in [0, 0.1) is 19.8 Å². The zero-order valence-electron chi connectivity index (χ0n) is 17.4. The van der Waals surface area contributed by atoms with Gasteiger partial charge in [-0.05, 0) is 64.0 Å². The maximum atomic E-state index is 12.2. The molecular formula is C22H27N5O3. The number of rotatable bonds is 7. The van der Waals surface area contributed by atoms with Gasteiger partial charge in [-0.3, -0.25) is 9.78 Å². The van der Waals surface area contributed by atoms with Gasteiger partial charge in [0.1, 0.15) is 5.76 Å². The summed E-state index contributed by atoms with van der Waals surface area (Å²) in [5, 5.41) is 15.5. The molecule has 1 amide bonds. The third-order valence-electron chi connectivity index (χ3n) is 5.94. The van der Waals surface area contributed by atoms with E-state index < -0.39 is 0 Å². The van der Waals surface area contributed by atoms with E-state index in [4.69, 9.17) is 8.94 Å². The molecule has 8 heteroatoms. The van der Waals surface area contributed by atoms with E-state index in [1.54, 1.807) is 12.4 Å². The number of carbonyl (C=O) groups excluding carboxylic acids is 1. The van der Waals surface area contributed by atoms with Gasteiger partial charge in [-0.15, -0.1) is 10.2 Å². The molecule has 3 aromatic rings. The minimum atomic E-state index is 0.0796. The van der Waals surface area contributed by atoms with Crippen LogP contribution in [0.25, 0.3) is 11.5 Å². The Morgan fingerprint density at radius 1 is 1.13 bits per heavy atom. The van der Waals surface area contributed by atoms with Gasteiger partial charge in [-0.25, -0.2) is 0 Å². The highest BCUT2D eigenvalue weighted by atomic mass is 16.5. The second-order valence-electron chi connectivity index (χ2n) is 8.01. The molecule has 0 bridgehead atoms. The Bertz CT molecular complexity index is 954. The van der Waals surface area contributed by atoms with Gasteiger partial charge < -0.3 is 14.3 Å². The lowest BCUT2D eigenvalue weighted by molar-refractivity contribution is -0.121. The predicted molar refractivity (Wildman–Crippen MR) is 110 cm³/mol. The number of pyridine rings is 1. The SMILES string of the molecule is Cc1noc(C)c1CCC(=O)NCC1CCC(c2nnc(-c3ccncc3)o2)CC1. The highest BCUT2D eigenvalue weighted by Crippen LogP contribution is 2.35. The molecule has 0 atom stereocenters. The molecule has 158 valence electrons. The number of amides is 1. The summed E-state index contributed by atoms with van der Waals surface area (Å²) in [6.07, 6.45) is 8.63. The van der Waals surface area contributed by atoms with E-state index in [1.807, 2.05) is 26.0 Å². The Hall–Kier alpha value is -3.03. The van der Waals surface area contributed by atoms with Crippen LogP contribution in [0.5, 0.6) is 0 Å².